The first-order chi connectivity index (χ1) is 21.2. The van der Waals surface area contributed by atoms with Crippen molar-refractivity contribution in [2.45, 2.75) is 42.8 Å². The monoisotopic (exact) mass is 769 g/mol. The molecule has 0 bridgehead atoms. The number of amides is 2. The molecule has 0 spiro atoms. The molecule has 3 N–H and O–H groups in total. The first-order valence-electron chi connectivity index (χ1n) is 13.2. The molecule has 7 nitrogen and oxygen atoms in total. The Bertz CT molecular complexity index is 1720. The van der Waals surface area contributed by atoms with E-state index in [1.54, 1.807) is 20.8 Å². The molecule has 16 heteroatoms. The van der Waals surface area contributed by atoms with Crippen LogP contribution in [0.2, 0.25) is 5.02 Å². The van der Waals surface area contributed by atoms with Crippen molar-refractivity contribution in [2.24, 2.45) is 5.41 Å². The van der Waals surface area contributed by atoms with E-state index in [-0.39, 0.29) is 32.9 Å². The first-order valence-corrected chi connectivity index (χ1v) is 15.2. The molecule has 2 unspecified atom stereocenters. The largest absolute Gasteiger partial charge is 0.444 e. The maximum absolute atomic E-state index is 15.2. The highest BCUT2D eigenvalue weighted by Crippen LogP contribution is 2.73. The van der Waals surface area contributed by atoms with Gasteiger partial charge < -0.3 is 20.2 Å². The van der Waals surface area contributed by atoms with E-state index in [9.17, 15) is 31.9 Å². The fourth-order valence-electron chi connectivity index (χ4n) is 4.75. The zero-order chi connectivity index (χ0) is 34.4. The van der Waals surface area contributed by atoms with Crippen LogP contribution in [-0.2, 0) is 15.7 Å². The second kappa shape index (κ2) is 12.8. The molecule has 4 rings (SSSR count). The Morgan fingerprint density at radius 1 is 1.02 bits per heavy atom. The van der Waals surface area contributed by atoms with Gasteiger partial charge in [0.15, 0.2) is 5.82 Å². The van der Waals surface area contributed by atoms with Gasteiger partial charge in [-0.15, -0.1) is 0 Å². The minimum absolute atomic E-state index is 0.0649. The van der Waals surface area contributed by atoms with Crippen molar-refractivity contribution < 1.29 is 41.1 Å². The molecule has 1 fully saturated rings. The van der Waals surface area contributed by atoms with Crippen molar-refractivity contribution >= 4 is 86.1 Å². The van der Waals surface area contributed by atoms with Gasteiger partial charge in [0.05, 0.1) is 27.3 Å². The van der Waals surface area contributed by atoms with E-state index in [2.05, 4.69) is 26.6 Å². The van der Waals surface area contributed by atoms with E-state index in [4.69, 9.17) is 39.5 Å². The third-order valence-electron chi connectivity index (χ3n) is 6.97. The van der Waals surface area contributed by atoms with Crippen molar-refractivity contribution in [1.82, 2.24) is 0 Å². The lowest BCUT2D eigenvalue weighted by Crippen LogP contribution is -2.28. The summed E-state index contributed by atoms with van der Waals surface area (Å²) in [6.07, 6.45) is -5.33. The summed E-state index contributed by atoms with van der Waals surface area (Å²) in [7, 11) is 0. The quantitative estimate of drug-likeness (QED) is 0.121. The molecular weight excluding hydrogens is 748 g/mol. The Kier molecular flexibility index (Phi) is 9.95. The van der Waals surface area contributed by atoms with Gasteiger partial charge in [0.1, 0.15) is 27.7 Å². The molecule has 1 saturated carbocycles. The lowest BCUT2D eigenvalue weighted by Gasteiger charge is -2.20. The zero-order valence-corrected chi connectivity index (χ0v) is 27.9. The van der Waals surface area contributed by atoms with Crippen LogP contribution in [0.3, 0.4) is 0 Å². The number of aldehydes is 1. The number of ether oxygens (including phenoxy) is 1. The number of carbonyl (C=O) groups is 3. The van der Waals surface area contributed by atoms with Crippen molar-refractivity contribution in [2.75, 3.05) is 22.5 Å². The lowest BCUT2D eigenvalue weighted by atomic mass is 9.98. The number of nitrogens with one attached hydrogen (secondary N) is 3. The van der Waals surface area contributed by atoms with Gasteiger partial charge in [-0.2, -0.15) is 13.2 Å². The van der Waals surface area contributed by atoms with Gasteiger partial charge in [-0.3, -0.25) is 10.1 Å². The molecule has 46 heavy (non-hydrogen) atoms. The van der Waals surface area contributed by atoms with E-state index in [0.717, 1.165) is 24.3 Å². The third kappa shape index (κ3) is 7.37. The first kappa shape index (κ1) is 35.7. The maximum Gasteiger partial charge on any atom is 0.416 e. The molecular formula is C30H24BrCl3F5N3O4. The standard InChI is InChI=1S/C30H24BrCl3F5N3O4/c1-27(2,3)46-26(45)42-23-20(35)6-7-21(22(23)36)41-25(44)18-11-17(4-5-19(18)32)40-12-28(13-43)24(29(28,33)34)14-8-15(30(37,38)39)10-16(31)9-14/h4-11,13,24,40H,12H2,1-3H3,(H,41,44)(H,42,45). The van der Waals surface area contributed by atoms with Gasteiger partial charge >= 0.3 is 12.3 Å². The molecule has 3 aromatic carbocycles. The summed E-state index contributed by atoms with van der Waals surface area (Å²) in [5, 5.41) is 7.09. The minimum Gasteiger partial charge on any atom is -0.444 e. The maximum atomic E-state index is 15.2. The normalized spacial score (nSPS) is 18.8. The molecule has 1 aliphatic rings. The summed E-state index contributed by atoms with van der Waals surface area (Å²) in [5.74, 6) is -4.36. The second-order valence-electron chi connectivity index (χ2n) is 11.4. The number of halogens is 9. The summed E-state index contributed by atoms with van der Waals surface area (Å²) in [5.41, 5.74) is -4.68. The van der Waals surface area contributed by atoms with E-state index in [1.165, 1.54) is 24.3 Å². The number of anilines is 3. The molecule has 246 valence electrons. The van der Waals surface area contributed by atoms with Crippen molar-refractivity contribution in [3.05, 3.63) is 86.4 Å². The summed E-state index contributed by atoms with van der Waals surface area (Å²) in [6, 6.07) is 8.93. The van der Waals surface area contributed by atoms with Crippen LogP contribution in [-0.4, -0.2) is 34.8 Å². The average molecular weight is 772 g/mol. The van der Waals surface area contributed by atoms with E-state index in [0.29, 0.717) is 6.29 Å². The molecule has 0 saturated heterocycles. The lowest BCUT2D eigenvalue weighted by molar-refractivity contribution is -0.137. The highest BCUT2D eigenvalue weighted by molar-refractivity contribution is 9.10. The van der Waals surface area contributed by atoms with E-state index >= 15 is 4.39 Å². The summed E-state index contributed by atoms with van der Waals surface area (Å²) in [4.78, 5) is 37.5. The number of benzene rings is 3. The number of hydrogen-bond donors (Lipinski definition) is 3. The van der Waals surface area contributed by atoms with E-state index in [1.807, 2.05) is 5.32 Å². The number of rotatable bonds is 8. The summed E-state index contributed by atoms with van der Waals surface area (Å²) >= 11 is 22.2. The van der Waals surface area contributed by atoms with Crippen LogP contribution in [0.25, 0.3) is 0 Å². The predicted octanol–water partition coefficient (Wildman–Crippen LogP) is 9.57. The van der Waals surface area contributed by atoms with Crippen LogP contribution >= 0.6 is 50.7 Å². The van der Waals surface area contributed by atoms with Crippen molar-refractivity contribution in [3.63, 3.8) is 0 Å². The Morgan fingerprint density at radius 2 is 1.70 bits per heavy atom. The van der Waals surface area contributed by atoms with Gasteiger partial charge in [0.2, 0.25) is 0 Å². The molecule has 2 amide bonds. The topological polar surface area (TPSA) is 96.5 Å². The number of carbonyl (C=O) groups excluding carboxylic acids is 3. The fourth-order valence-corrected chi connectivity index (χ4v) is 6.44. The zero-order valence-electron chi connectivity index (χ0n) is 24.0. The van der Waals surface area contributed by atoms with Crippen molar-refractivity contribution in [1.29, 1.82) is 0 Å². The van der Waals surface area contributed by atoms with Gasteiger partial charge in [0.25, 0.3) is 5.91 Å². The highest BCUT2D eigenvalue weighted by atomic mass is 79.9. The highest BCUT2D eigenvalue weighted by Gasteiger charge is 2.76. The molecule has 0 heterocycles. The van der Waals surface area contributed by atoms with Crippen LogP contribution < -0.4 is 16.0 Å². The van der Waals surface area contributed by atoms with Gasteiger partial charge in [-0.1, -0.05) is 50.7 Å². The number of alkyl halides is 5. The summed E-state index contributed by atoms with van der Waals surface area (Å²) < 4.78 is 73.2. The second-order valence-corrected chi connectivity index (χ2v) is 14.1. The fraction of sp³-hybridized carbons (Fsp3) is 0.300. The Balaban J connectivity index is 1.54. The Labute approximate surface area is 283 Å². The molecule has 2 atom stereocenters. The molecule has 0 radical (unpaired) electrons. The minimum atomic E-state index is -4.66. The predicted molar refractivity (Wildman–Crippen MR) is 169 cm³/mol. The third-order valence-corrected chi connectivity index (χ3v) is 8.89. The average Bonchev–Trinajstić information content (AvgIpc) is 3.44. The SMILES string of the molecule is CC(C)(C)OC(=O)Nc1c(F)ccc(NC(=O)c2cc(NCC3(C=O)C(c4cc(Br)cc(C(F)(F)F)c4)C3(Cl)Cl)ccc2Cl)c1F. The van der Waals surface area contributed by atoms with E-state index < -0.39 is 68.0 Å². The smallest absolute Gasteiger partial charge is 0.416 e. The van der Waals surface area contributed by atoms with Crippen LogP contribution in [0.5, 0.6) is 0 Å². The van der Waals surface area contributed by atoms with Crippen LogP contribution in [0.15, 0.2) is 53.0 Å². The summed E-state index contributed by atoms with van der Waals surface area (Å²) in [6.45, 7) is 4.42. The molecule has 3 aromatic rings. The van der Waals surface area contributed by atoms with Crippen LogP contribution in [0.4, 0.5) is 43.8 Å². The van der Waals surface area contributed by atoms with Crippen LogP contribution in [0, 0.1) is 17.0 Å². The van der Waals surface area contributed by atoms with Gasteiger partial charge in [-0.05, 0) is 74.9 Å². The van der Waals surface area contributed by atoms with Crippen LogP contribution in [0.1, 0.15) is 48.2 Å². The Hall–Kier alpha value is -3.13. The van der Waals surface area contributed by atoms with Crippen molar-refractivity contribution in [3.8, 4) is 0 Å². The molecule has 0 aromatic heterocycles. The molecule has 0 aliphatic heterocycles. The van der Waals surface area contributed by atoms with Gasteiger partial charge in [-0.25, -0.2) is 13.6 Å². The Morgan fingerprint density at radius 3 is 2.30 bits per heavy atom. The van der Waals surface area contributed by atoms with Gasteiger partial charge in [0, 0.05) is 22.6 Å². The molecule has 1 aliphatic carbocycles. The number of hydrogen-bond acceptors (Lipinski definition) is 5.